The number of benzene rings is 1. The zero-order chi connectivity index (χ0) is 11.9. The van der Waals surface area contributed by atoms with Crippen LogP contribution >= 0.6 is 11.3 Å². The Bertz CT molecular complexity index is 408. The van der Waals surface area contributed by atoms with Crippen molar-refractivity contribution in [3.05, 3.63) is 58.3 Å². The van der Waals surface area contributed by atoms with Gasteiger partial charge in [0.05, 0.1) is 0 Å². The lowest BCUT2D eigenvalue weighted by atomic mass is 10.0. The highest BCUT2D eigenvalue weighted by Crippen LogP contribution is 2.21. The SMILES string of the molecule is CNC(CCCc1ccccc1)c1ccsc1. The van der Waals surface area contributed by atoms with Gasteiger partial charge in [-0.25, -0.2) is 0 Å². The van der Waals surface area contributed by atoms with Gasteiger partial charge in [0.2, 0.25) is 0 Å². The number of hydrogen-bond acceptors (Lipinski definition) is 2. The molecule has 0 saturated carbocycles. The number of nitrogens with one attached hydrogen (secondary N) is 1. The molecule has 2 rings (SSSR count). The maximum Gasteiger partial charge on any atom is 0.0325 e. The summed E-state index contributed by atoms with van der Waals surface area (Å²) in [4.78, 5) is 0. The molecule has 0 aliphatic heterocycles. The van der Waals surface area contributed by atoms with Gasteiger partial charge in [-0.1, -0.05) is 30.3 Å². The maximum atomic E-state index is 3.40. The molecule has 1 nitrogen and oxygen atoms in total. The number of rotatable bonds is 6. The van der Waals surface area contributed by atoms with Crippen molar-refractivity contribution in [3.8, 4) is 0 Å². The Morgan fingerprint density at radius 2 is 2.00 bits per heavy atom. The molecule has 0 fully saturated rings. The normalized spacial score (nSPS) is 12.5. The van der Waals surface area contributed by atoms with Crippen molar-refractivity contribution in [2.45, 2.75) is 25.3 Å². The van der Waals surface area contributed by atoms with Crippen LogP contribution in [0.1, 0.15) is 30.0 Å². The number of hydrogen-bond donors (Lipinski definition) is 1. The summed E-state index contributed by atoms with van der Waals surface area (Å²) in [7, 11) is 2.05. The van der Waals surface area contributed by atoms with Crippen molar-refractivity contribution in [1.82, 2.24) is 5.32 Å². The summed E-state index contributed by atoms with van der Waals surface area (Å²) in [5.74, 6) is 0. The minimum Gasteiger partial charge on any atom is -0.313 e. The van der Waals surface area contributed by atoms with E-state index in [9.17, 15) is 0 Å². The first kappa shape index (κ1) is 12.3. The molecule has 17 heavy (non-hydrogen) atoms. The van der Waals surface area contributed by atoms with Gasteiger partial charge in [0, 0.05) is 6.04 Å². The summed E-state index contributed by atoms with van der Waals surface area (Å²) < 4.78 is 0. The lowest BCUT2D eigenvalue weighted by Gasteiger charge is -2.14. The minimum absolute atomic E-state index is 0.505. The predicted molar refractivity (Wildman–Crippen MR) is 75.5 cm³/mol. The average molecular weight is 245 g/mol. The summed E-state index contributed by atoms with van der Waals surface area (Å²) in [6, 6.07) is 13.4. The Labute approximate surface area is 108 Å². The molecule has 0 amide bonds. The number of thiophene rings is 1. The van der Waals surface area contributed by atoms with E-state index in [1.165, 1.54) is 30.4 Å². The van der Waals surface area contributed by atoms with Crippen LogP contribution in [0.3, 0.4) is 0 Å². The molecule has 0 bridgehead atoms. The van der Waals surface area contributed by atoms with E-state index >= 15 is 0 Å². The Morgan fingerprint density at radius 1 is 1.18 bits per heavy atom. The number of aryl methyl sites for hydroxylation is 1. The van der Waals surface area contributed by atoms with Gasteiger partial charge >= 0.3 is 0 Å². The standard InChI is InChI=1S/C15H19NS/c1-16-15(14-10-11-17-12-14)9-5-8-13-6-3-2-4-7-13/h2-4,6-7,10-12,15-16H,5,8-9H2,1H3. The van der Waals surface area contributed by atoms with E-state index in [2.05, 4.69) is 52.5 Å². The van der Waals surface area contributed by atoms with Gasteiger partial charge < -0.3 is 5.32 Å². The van der Waals surface area contributed by atoms with Crippen LogP contribution in [-0.2, 0) is 6.42 Å². The highest BCUT2D eigenvalue weighted by Gasteiger charge is 2.08. The molecular weight excluding hydrogens is 226 g/mol. The van der Waals surface area contributed by atoms with E-state index in [-0.39, 0.29) is 0 Å². The van der Waals surface area contributed by atoms with E-state index in [1.54, 1.807) is 11.3 Å². The first-order chi connectivity index (χ1) is 8.40. The second-order valence-electron chi connectivity index (χ2n) is 4.28. The van der Waals surface area contributed by atoms with Crippen molar-refractivity contribution in [3.63, 3.8) is 0 Å². The van der Waals surface area contributed by atoms with Gasteiger partial charge in [-0.05, 0) is 54.3 Å². The molecule has 0 aliphatic rings. The largest absolute Gasteiger partial charge is 0.313 e. The van der Waals surface area contributed by atoms with Crippen molar-refractivity contribution in [1.29, 1.82) is 0 Å². The van der Waals surface area contributed by atoms with Crippen LogP contribution in [0.25, 0.3) is 0 Å². The third kappa shape index (κ3) is 3.69. The minimum atomic E-state index is 0.505. The Kier molecular flexibility index (Phi) is 4.77. The van der Waals surface area contributed by atoms with Crippen molar-refractivity contribution >= 4 is 11.3 Å². The molecule has 1 heterocycles. The Morgan fingerprint density at radius 3 is 2.65 bits per heavy atom. The van der Waals surface area contributed by atoms with Crippen LogP contribution in [0.15, 0.2) is 47.2 Å². The molecule has 1 N–H and O–H groups in total. The summed E-state index contributed by atoms with van der Waals surface area (Å²) in [6.07, 6.45) is 3.59. The molecule has 2 heteroatoms. The van der Waals surface area contributed by atoms with E-state index in [1.807, 2.05) is 7.05 Å². The zero-order valence-corrected chi connectivity index (χ0v) is 11.0. The Balaban J connectivity index is 1.81. The van der Waals surface area contributed by atoms with E-state index in [0.29, 0.717) is 6.04 Å². The second kappa shape index (κ2) is 6.58. The zero-order valence-electron chi connectivity index (χ0n) is 10.2. The van der Waals surface area contributed by atoms with Gasteiger partial charge in [-0.3, -0.25) is 0 Å². The van der Waals surface area contributed by atoms with Gasteiger partial charge in [-0.15, -0.1) is 0 Å². The first-order valence-corrected chi connectivity index (χ1v) is 7.07. The van der Waals surface area contributed by atoms with Crippen LogP contribution in [0, 0.1) is 0 Å². The molecule has 0 saturated heterocycles. The fourth-order valence-corrected chi connectivity index (χ4v) is 2.82. The molecule has 0 aliphatic carbocycles. The van der Waals surface area contributed by atoms with Gasteiger partial charge in [0.15, 0.2) is 0 Å². The third-order valence-electron chi connectivity index (χ3n) is 3.10. The Hall–Kier alpha value is -1.12. The van der Waals surface area contributed by atoms with Crippen LogP contribution in [0.2, 0.25) is 0 Å². The van der Waals surface area contributed by atoms with Crippen LogP contribution in [0.4, 0.5) is 0 Å². The van der Waals surface area contributed by atoms with E-state index < -0.39 is 0 Å². The fourth-order valence-electron chi connectivity index (χ4n) is 2.11. The molecule has 0 radical (unpaired) electrons. The lowest BCUT2D eigenvalue weighted by Crippen LogP contribution is -2.15. The molecule has 2 aromatic rings. The van der Waals surface area contributed by atoms with Crippen LogP contribution < -0.4 is 5.32 Å². The smallest absolute Gasteiger partial charge is 0.0325 e. The fraction of sp³-hybridized carbons (Fsp3) is 0.333. The summed E-state index contributed by atoms with van der Waals surface area (Å²) in [6.45, 7) is 0. The highest BCUT2D eigenvalue weighted by molar-refractivity contribution is 7.07. The summed E-state index contributed by atoms with van der Waals surface area (Å²) >= 11 is 1.77. The van der Waals surface area contributed by atoms with E-state index in [0.717, 1.165) is 0 Å². The molecule has 1 unspecified atom stereocenters. The molecule has 1 aromatic heterocycles. The monoisotopic (exact) mass is 245 g/mol. The second-order valence-corrected chi connectivity index (χ2v) is 5.06. The van der Waals surface area contributed by atoms with Crippen LogP contribution in [0.5, 0.6) is 0 Å². The van der Waals surface area contributed by atoms with Gasteiger partial charge in [0.25, 0.3) is 0 Å². The lowest BCUT2D eigenvalue weighted by molar-refractivity contribution is 0.528. The molecule has 90 valence electrons. The van der Waals surface area contributed by atoms with E-state index in [4.69, 9.17) is 0 Å². The quantitative estimate of drug-likeness (QED) is 0.810. The van der Waals surface area contributed by atoms with Crippen molar-refractivity contribution in [2.75, 3.05) is 7.05 Å². The average Bonchev–Trinajstić information content (AvgIpc) is 2.90. The molecule has 1 atom stereocenters. The summed E-state index contributed by atoms with van der Waals surface area (Å²) in [5.41, 5.74) is 2.86. The predicted octanol–water partition coefficient (Wildman–Crippen LogP) is 4.03. The highest BCUT2D eigenvalue weighted by atomic mass is 32.1. The molecular formula is C15H19NS. The van der Waals surface area contributed by atoms with Crippen LogP contribution in [-0.4, -0.2) is 7.05 Å². The first-order valence-electron chi connectivity index (χ1n) is 6.13. The third-order valence-corrected chi connectivity index (χ3v) is 3.80. The van der Waals surface area contributed by atoms with Gasteiger partial charge in [-0.2, -0.15) is 11.3 Å². The summed E-state index contributed by atoms with van der Waals surface area (Å²) in [5, 5.41) is 7.79. The van der Waals surface area contributed by atoms with Gasteiger partial charge in [0.1, 0.15) is 0 Å². The maximum absolute atomic E-state index is 3.40. The molecule has 0 spiro atoms. The molecule has 1 aromatic carbocycles. The van der Waals surface area contributed by atoms with Crippen molar-refractivity contribution < 1.29 is 0 Å². The topological polar surface area (TPSA) is 12.0 Å². The van der Waals surface area contributed by atoms with Crippen molar-refractivity contribution in [2.24, 2.45) is 0 Å².